The fourth-order valence-corrected chi connectivity index (χ4v) is 1.77. The van der Waals surface area contributed by atoms with E-state index in [1.807, 2.05) is 6.92 Å². The summed E-state index contributed by atoms with van der Waals surface area (Å²) in [6.07, 6.45) is 0.621. The van der Waals surface area contributed by atoms with Gasteiger partial charge in [-0.3, -0.25) is 4.79 Å². The number of rotatable bonds is 6. The van der Waals surface area contributed by atoms with Gasteiger partial charge in [0.15, 0.2) is 0 Å². The van der Waals surface area contributed by atoms with E-state index < -0.39 is 6.10 Å². The maximum atomic E-state index is 12.0. The van der Waals surface area contributed by atoms with Crippen molar-refractivity contribution in [2.75, 3.05) is 13.2 Å². The Bertz CT molecular complexity index is 551. The third-order valence-electron chi connectivity index (χ3n) is 2.73. The summed E-state index contributed by atoms with van der Waals surface area (Å²) in [4.78, 5) is 12.0. The van der Waals surface area contributed by atoms with Crippen LogP contribution in [0.3, 0.4) is 0 Å². The summed E-state index contributed by atoms with van der Waals surface area (Å²) in [6, 6.07) is 10.2. The topological polar surface area (TPSA) is 71.7 Å². The van der Waals surface area contributed by atoms with Gasteiger partial charge in [-0.05, 0) is 37.3 Å². The number of aliphatic hydroxyl groups is 1. The van der Waals surface area contributed by atoms with Crippen molar-refractivity contribution in [1.82, 2.24) is 5.32 Å². The van der Waals surface area contributed by atoms with Gasteiger partial charge in [-0.15, -0.1) is 0 Å². The summed E-state index contributed by atoms with van der Waals surface area (Å²) < 4.78 is 10.4. The second-order valence-electron chi connectivity index (χ2n) is 4.20. The standard InChI is InChI=1S/C15H17NO4/c1-2-19-12-6-3-5-11(9-12)15(18)16-10-13(17)14-7-4-8-20-14/h3-9,13,17H,2,10H2,1H3,(H,16,18). The Balaban J connectivity index is 1.93. The van der Waals surface area contributed by atoms with Crippen LogP contribution in [0.15, 0.2) is 47.1 Å². The largest absolute Gasteiger partial charge is 0.494 e. The molecule has 0 bridgehead atoms. The molecule has 2 N–H and O–H groups in total. The quantitative estimate of drug-likeness (QED) is 0.847. The van der Waals surface area contributed by atoms with Crippen LogP contribution in [0.4, 0.5) is 0 Å². The van der Waals surface area contributed by atoms with E-state index in [0.29, 0.717) is 23.7 Å². The Kier molecular flexibility index (Phi) is 4.79. The van der Waals surface area contributed by atoms with Crippen LogP contribution in [0.2, 0.25) is 0 Å². The molecule has 2 rings (SSSR count). The molecule has 1 amide bonds. The van der Waals surface area contributed by atoms with Gasteiger partial charge in [0, 0.05) is 5.56 Å². The number of nitrogens with one attached hydrogen (secondary N) is 1. The fraction of sp³-hybridized carbons (Fsp3) is 0.267. The first kappa shape index (κ1) is 14.1. The lowest BCUT2D eigenvalue weighted by Gasteiger charge is -2.10. The fourth-order valence-electron chi connectivity index (χ4n) is 1.77. The highest BCUT2D eigenvalue weighted by molar-refractivity contribution is 5.94. The smallest absolute Gasteiger partial charge is 0.251 e. The highest BCUT2D eigenvalue weighted by atomic mass is 16.5. The van der Waals surface area contributed by atoms with Crippen LogP contribution in [0.1, 0.15) is 29.1 Å². The molecule has 0 spiro atoms. The highest BCUT2D eigenvalue weighted by Crippen LogP contribution is 2.14. The summed E-state index contributed by atoms with van der Waals surface area (Å²) in [5.41, 5.74) is 0.489. The Labute approximate surface area is 117 Å². The molecule has 5 heteroatoms. The monoisotopic (exact) mass is 275 g/mol. The molecule has 1 heterocycles. The van der Waals surface area contributed by atoms with Crippen molar-refractivity contribution >= 4 is 5.91 Å². The van der Waals surface area contributed by atoms with Crippen molar-refractivity contribution in [2.24, 2.45) is 0 Å². The van der Waals surface area contributed by atoms with Gasteiger partial charge in [0.05, 0.1) is 19.4 Å². The van der Waals surface area contributed by atoms with E-state index in [0.717, 1.165) is 0 Å². The average molecular weight is 275 g/mol. The highest BCUT2D eigenvalue weighted by Gasteiger charge is 2.13. The summed E-state index contributed by atoms with van der Waals surface area (Å²) in [5.74, 6) is 0.803. The molecule has 1 aromatic carbocycles. The molecule has 1 aromatic heterocycles. The third kappa shape index (κ3) is 3.61. The normalized spacial score (nSPS) is 11.9. The number of carbonyl (C=O) groups is 1. The molecular weight excluding hydrogens is 258 g/mol. The Morgan fingerprint density at radius 3 is 2.95 bits per heavy atom. The number of ether oxygens (including phenoxy) is 1. The number of hydrogen-bond acceptors (Lipinski definition) is 4. The van der Waals surface area contributed by atoms with Crippen molar-refractivity contribution in [1.29, 1.82) is 0 Å². The summed E-state index contributed by atoms with van der Waals surface area (Å²) in [5, 5.41) is 12.5. The van der Waals surface area contributed by atoms with E-state index in [-0.39, 0.29) is 12.5 Å². The number of amides is 1. The van der Waals surface area contributed by atoms with Crippen molar-refractivity contribution in [2.45, 2.75) is 13.0 Å². The molecule has 1 atom stereocenters. The van der Waals surface area contributed by atoms with Crippen molar-refractivity contribution in [3.63, 3.8) is 0 Å². The molecule has 2 aromatic rings. The second-order valence-corrected chi connectivity index (χ2v) is 4.20. The Morgan fingerprint density at radius 2 is 2.25 bits per heavy atom. The molecule has 0 radical (unpaired) electrons. The SMILES string of the molecule is CCOc1cccc(C(=O)NCC(O)c2ccco2)c1. The van der Waals surface area contributed by atoms with Crippen LogP contribution < -0.4 is 10.1 Å². The zero-order chi connectivity index (χ0) is 14.4. The van der Waals surface area contributed by atoms with Gasteiger partial charge in [0.2, 0.25) is 0 Å². The molecule has 0 aliphatic heterocycles. The van der Waals surface area contributed by atoms with Gasteiger partial charge < -0.3 is 19.6 Å². The number of carbonyl (C=O) groups excluding carboxylic acids is 1. The first-order valence-electron chi connectivity index (χ1n) is 6.43. The Morgan fingerprint density at radius 1 is 1.40 bits per heavy atom. The number of hydrogen-bond donors (Lipinski definition) is 2. The van der Waals surface area contributed by atoms with E-state index in [2.05, 4.69) is 5.32 Å². The van der Waals surface area contributed by atoms with Crippen LogP contribution in [0.25, 0.3) is 0 Å². The van der Waals surface area contributed by atoms with Gasteiger partial charge in [-0.25, -0.2) is 0 Å². The van der Waals surface area contributed by atoms with Crippen LogP contribution in [0, 0.1) is 0 Å². The van der Waals surface area contributed by atoms with Crippen LogP contribution in [-0.4, -0.2) is 24.2 Å². The molecule has 0 aliphatic rings. The van der Waals surface area contributed by atoms with E-state index >= 15 is 0 Å². The van der Waals surface area contributed by atoms with Gasteiger partial charge in [-0.2, -0.15) is 0 Å². The van der Waals surface area contributed by atoms with E-state index in [1.165, 1.54) is 6.26 Å². The maximum absolute atomic E-state index is 12.0. The van der Waals surface area contributed by atoms with Crippen molar-refractivity contribution in [3.05, 3.63) is 54.0 Å². The predicted octanol–water partition coefficient (Wildman–Crippen LogP) is 2.14. The summed E-state index contributed by atoms with van der Waals surface area (Å²) >= 11 is 0. The number of furan rings is 1. The first-order chi connectivity index (χ1) is 9.70. The molecule has 1 unspecified atom stereocenters. The molecule has 106 valence electrons. The van der Waals surface area contributed by atoms with Gasteiger partial charge in [-0.1, -0.05) is 6.07 Å². The average Bonchev–Trinajstić information content (AvgIpc) is 2.99. The van der Waals surface area contributed by atoms with Crippen LogP contribution >= 0.6 is 0 Å². The van der Waals surface area contributed by atoms with Gasteiger partial charge >= 0.3 is 0 Å². The minimum Gasteiger partial charge on any atom is -0.494 e. The lowest BCUT2D eigenvalue weighted by atomic mass is 10.2. The lowest BCUT2D eigenvalue weighted by molar-refractivity contribution is 0.0900. The maximum Gasteiger partial charge on any atom is 0.251 e. The van der Waals surface area contributed by atoms with Gasteiger partial charge in [0.1, 0.15) is 17.6 Å². The summed E-state index contributed by atoms with van der Waals surface area (Å²) in [6.45, 7) is 2.51. The molecule has 0 aliphatic carbocycles. The lowest BCUT2D eigenvalue weighted by Crippen LogP contribution is -2.28. The van der Waals surface area contributed by atoms with E-state index in [4.69, 9.17) is 9.15 Å². The van der Waals surface area contributed by atoms with Crippen LogP contribution in [0.5, 0.6) is 5.75 Å². The molecule has 5 nitrogen and oxygen atoms in total. The third-order valence-corrected chi connectivity index (χ3v) is 2.73. The predicted molar refractivity (Wildman–Crippen MR) is 73.6 cm³/mol. The zero-order valence-corrected chi connectivity index (χ0v) is 11.2. The minimum absolute atomic E-state index is 0.0885. The molecular formula is C15H17NO4. The first-order valence-corrected chi connectivity index (χ1v) is 6.43. The zero-order valence-electron chi connectivity index (χ0n) is 11.2. The number of benzene rings is 1. The van der Waals surface area contributed by atoms with Gasteiger partial charge in [0.25, 0.3) is 5.91 Å². The van der Waals surface area contributed by atoms with Crippen molar-refractivity contribution in [3.8, 4) is 5.75 Å². The van der Waals surface area contributed by atoms with Crippen LogP contribution in [-0.2, 0) is 0 Å². The number of aliphatic hydroxyl groups excluding tert-OH is 1. The summed E-state index contributed by atoms with van der Waals surface area (Å²) in [7, 11) is 0. The molecule has 0 saturated heterocycles. The Hall–Kier alpha value is -2.27. The van der Waals surface area contributed by atoms with E-state index in [9.17, 15) is 9.90 Å². The second kappa shape index (κ2) is 6.77. The minimum atomic E-state index is -0.857. The molecule has 20 heavy (non-hydrogen) atoms. The van der Waals surface area contributed by atoms with Crippen molar-refractivity contribution < 1.29 is 19.1 Å². The van der Waals surface area contributed by atoms with E-state index in [1.54, 1.807) is 36.4 Å². The molecule has 0 saturated carbocycles. The molecule has 0 fully saturated rings.